The van der Waals surface area contributed by atoms with Crippen molar-refractivity contribution in [2.45, 2.75) is 31.0 Å². The fraction of sp³-hybridized carbons (Fsp3) is 0.364. The molecule has 10 nitrogen and oxygen atoms in total. The molecule has 2 amide bonds. The minimum Gasteiger partial charge on any atom is -0.492 e. The van der Waals surface area contributed by atoms with Gasteiger partial charge in [0.2, 0.25) is 5.91 Å². The average molecular weight is 474 g/mol. The van der Waals surface area contributed by atoms with Crippen LogP contribution in [0.15, 0.2) is 42.5 Å². The Morgan fingerprint density at radius 2 is 1.97 bits per heavy atom. The van der Waals surface area contributed by atoms with Gasteiger partial charge in [-0.2, -0.15) is 12.6 Å². The topological polar surface area (TPSA) is 163 Å². The summed E-state index contributed by atoms with van der Waals surface area (Å²) in [5.41, 5.74) is 13.2. The number of primary amides is 1. The molecule has 1 aliphatic rings. The summed E-state index contributed by atoms with van der Waals surface area (Å²) in [5.74, 6) is -0.204. The van der Waals surface area contributed by atoms with E-state index in [9.17, 15) is 19.7 Å². The third-order valence-electron chi connectivity index (χ3n) is 5.42. The standard InChI is InChI=1S/C22H27N5O5S/c23-14(12-33)11-25-18-8-9-32-20-16(18)2-1-3-17(20)22(29)26-19(21(24)28)10-13-4-6-15(7-5-13)27(30)31/h1-7,14,18-19,25,33H,8-12,23H2,(H2,24,28)(H,26,29)/t14-,18?,19+/m1/s1. The van der Waals surface area contributed by atoms with E-state index < -0.39 is 22.8 Å². The molecule has 2 aromatic rings. The summed E-state index contributed by atoms with van der Waals surface area (Å²) in [6.45, 7) is 0.996. The Morgan fingerprint density at radius 3 is 2.61 bits per heavy atom. The summed E-state index contributed by atoms with van der Waals surface area (Å²) in [5, 5.41) is 16.9. The van der Waals surface area contributed by atoms with Crippen LogP contribution in [0.25, 0.3) is 0 Å². The zero-order chi connectivity index (χ0) is 24.0. The highest BCUT2D eigenvalue weighted by molar-refractivity contribution is 7.80. The number of nitro benzene ring substituents is 1. The predicted octanol–water partition coefficient (Wildman–Crippen LogP) is 1.09. The van der Waals surface area contributed by atoms with Crippen LogP contribution in [0.5, 0.6) is 5.75 Å². The molecule has 3 atom stereocenters. The van der Waals surface area contributed by atoms with Crippen LogP contribution in [-0.4, -0.2) is 47.7 Å². The normalized spacial score (nSPS) is 16.7. The Morgan fingerprint density at radius 1 is 1.24 bits per heavy atom. The Labute approximate surface area is 196 Å². The molecule has 0 bridgehead atoms. The molecule has 2 aromatic carbocycles. The lowest BCUT2D eigenvalue weighted by molar-refractivity contribution is -0.384. The van der Waals surface area contributed by atoms with E-state index in [-0.39, 0.29) is 24.2 Å². The molecule has 11 heteroatoms. The van der Waals surface area contributed by atoms with Gasteiger partial charge in [0.05, 0.1) is 17.1 Å². The van der Waals surface area contributed by atoms with Gasteiger partial charge in [0.25, 0.3) is 11.6 Å². The number of carbonyl (C=O) groups excluding carboxylic acids is 2. The Balaban J connectivity index is 1.75. The fourth-order valence-electron chi connectivity index (χ4n) is 3.62. The number of nitrogens with zero attached hydrogens (tertiary/aromatic N) is 1. The quantitative estimate of drug-likeness (QED) is 0.196. The van der Waals surface area contributed by atoms with Crippen LogP contribution in [0.2, 0.25) is 0 Å². The van der Waals surface area contributed by atoms with E-state index in [1.165, 1.54) is 24.3 Å². The van der Waals surface area contributed by atoms with Crippen molar-refractivity contribution >= 4 is 30.1 Å². The molecular formula is C22H27N5O5S. The molecule has 0 saturated carbocycles. The number of rotatable bonds is 10. The summed E-state index contributed by atoms with van der Waals surface area (Å²) in [7, 11) is 0. The van der Waals surface area contributed by atoms with E-state index >= 15 is 0 Å². The van der Waals surface area contributed by atoms with Gasteiger partial charge in [-0.15, -0.1) is 0 Å². The van der Waals surface area contributed by atoms with Crippen molar-refractivity contribution in [1.29, 1.82) is 0 Å². The van der Waals surface area contributed by atoms with E-state index in [2.05, 4.69) is 23.3 Å². The van der Waals surface area contributed by atoms with E-state index in [1.807, 2.05) is 6.07 Å². The number of benzene rings is 2. The molecule has 1 aliphatic heterocycles. The number of nitro groups is 1. The van der Waals surface area contributed by atoms with Crippen molar-refractivity contribution in [2.24, 2.45) is 11.5 Å². The molecule has 33 heavy (non-hydrogen) atoms. The van der Waals surface area contributed by atoms with Crippen LogP contribution in [0, 0.1) is 10.1 Å². The van der Waals surface area contributed by atoms with Gasteiger partial charge in [0, 0.05) is 54.9 Å². The first kappa shape index (κ1) is 24.5. The summed E-state index contributed by atoms with van der Waals surface area (Å²) < 4.78 is 5.81. The third kappa shape index (κ3) is 6.21. The number of fused-ring (bicyclic) bond motifs is 1. The molecule has 0 radical (unpaired) electrons. The summed E-state index contributed by atoms with van der Waals surface area (Å²) in [6.07, 6.45) is 0.822. The van der Waals surface area contributed by atoms with Gasteiger partial charge in [-0.05, 0) is 11.6 Å². The number of hydrogen-bond acceptors (Lipinski definition) is 8. The first-order valence-electron chi connectivity index (χ1n) is 10.5. The number of amides is 2. The Bertz CT molecular complexity index is 1020. The van der Waals surface area contributed by atoms with Gasteiger partial charge in [0.1, 0.15) is 11.8 Å². The summed E-state index contributed by atoms with van der Waals surface area (Å²) >= 11 is 4.20. The van der Waals surface area contributed by atoms with Crippen molar-refractivity contribution in [1.82, 2.24) is 10.6 Å². The van der Waals surface area contributed by atoms with Crippen molar-refractivity contribution in [3.05, 3.63) is 69.3 Å². The average Bonchev–Trinajstić information content (AvgIpc) is 2.81. The number of hydrogen-bond donors (Lipinski definition) is 5. The first-order valence-corrected chi connectivity index (χ1v) is 11.1. The number of para-hydroxylation sites is 1. The lowest BCUT2D eigenvalue weighted by Crippen LogP contribution is -2.46. The monoisotopic (exact) mass is 473 g/mol. The van der Waals surface area contributed by atoms with Crippen LogP contribution in [0.4, 0.5) is 5.69 Å². The Kier molecular flexibility index (Phi) is 8.26. The largest absolute Gasteiger partial charge is 0.492 e. The fourth-order valence-corrected chi connectivity index (χ4v) is 3.75. The molecule has 0 aromatic heterocycles. The lowest BCUT2D eigenvalue weighted by atomic mass is 9.96. The number of ether oxygens (including phenoxy) is 1. The molecule has 3 rings (SSSR count). The van der Waals surface area contributed by atoms with E-state index in [4.69, 9.17) is 16.2 Å². The van der Waals surface area contributed by atoms with Crippen molar-refractivity contribution in [3.63, 3.8) is 0 Å². The SMILES string of the molecule is NC(=O)[C@H](Cc1ccc([N+](=O)[O-])cc1)NC(=O)c1cccc2c1OCCC2NC[C@@H](N)CS. The van der Waals surface area contributed by atoms with Crippen LogP contribution < -0.4 is 26.8 Å². The van der Waals surface area contributed by atoms with Gasteiger partial charge in [-0.3, -0.25) is 19.7 Å². The number of nitrogens with one attached hydrogen (secondary N) is 2. The van der Waals surface area contributed by atoms with Gasteiger partial charge in [-0.25, -0.2) is 0 Å². The van der Waals surface area contributed by atoms with E-state index in [0.717, 1.165) is 12.0 Å². The number of nitrogens with two attached hydrogens (primary N) is 2. The van der Waals surface area contributed by atoms with Crippen LogP contribution in [-0.2, 0) is 11.2 Å². The first-order chi connectivity index (χ1) is 15.8. The molecular weight excluding hydrogens is 446 g/mol. The maximum atomic E-state index is 13.0. The van der Waals surface area contributed by atoms with E-state index in [0.29, 0.717) is 35.8 Å². The summed E-state index contributed by atoms with van der Waals surface area (Å²) in [6, 6.07) is 9.87. The van der Waals surface area contributed by atoms with Crippen LogP contribution in [0.3, 0.4) is 0 Å². The molecule has 1 heterocycles. The van der Waals surface area contributed by atoms with Crippen molar-refractivity contribution in [2.75, 3.05) is 18.9 Å². The van der Waals surface area contributed by atoms with Crippen LogP contribution >= 0.6 is 12.6 Å². The lowest BCUT2D eigenvalue weighted by Gasteiger charge is -2.29. The second-order valence-electron chi connectivity index (χ2n) is 7.82. The van der Waals surface area contributed by atoms with Gasteiger partial charge >= 0.3 is 0 Å². The smallest absolute Gasteiger partial charge is 0.269 e. The maximum absolute atomic E-state index is 13.0. The predicted molar refractivity (Wildman–Crippen MR) is 126 cm³/mol. The minimum absolute atomic E-state index is 0.0283. The summed E-state index contributed by atoms with van der Waals surface area (Å²) in [4.78, 5) is 35.4. The van der Waals surface area contributed by atoms with Crippen molar-refractivity contribution < 1.29 is 19.2 Å². The van der Waals surface area contributed by atoms with Crippen molar-refractivity contribution in [3.8, 4) is 5.75 Å². The van der Waals surface area contributed by atoms with Gasteiger partial charge in [0.15, 0.2) is 0 Å². The number of carbonyl (C=O) groups is 2. The zero-order valence-electron chi connectivity index (χ0n) is 17.9. The minimum atomic E-state index is -0.999. The van der Waals surface area contributed by atoms with E-state index in [1.54, 1.807) is 12.1 Å². The van der Waals surface area contributed by atoms with Crippen LogP contribution in [0.1, 0.15) is 33.9 Å². The molecule has 0 spiro atoms. The number of non-ortho nitro benzene ring substituents is 1. The highest BCUT2D eigenvalue weighted by atomic mass is 32.1. The third-order valence-corrected chi connectivity index (χ3v) is 5.88. The molecule has 1 unspecified atom stereocenters. The number of thiol groups is 1. The molecule has 0 aliphatic carbocycles. The zero-order valence-corrected chi connectivity index (χ0v) is 18.8. The molecule has 0 fully saturated rings. The Hall–Kier alpha value is -3.15. The van der Waals surface area contributed by atoms with Gasteiger partial charge < -0.3 is 26.8 Å². The molecule has 0 saturated heterocycles. The second-order valence-corrected chi connectivity index (χ2v) is 8.19. The second kappa shape index (κ2) is 11.1. The highest BCUT2D eigenvalue weighted by Crippen LogP contribution is 2.35. The highest BCUT2D eigenvalue weighted by Gasteiger charge is 2.28. The van der Waals surface area contributed by atoms with Gasteiger partial charge in [-0.1, -0.05) is 24.3 Å². The molecule has 6 N–H and O–H groups in total. The maximum Gasteiger partial charge on any atom is 0.269 e. The molecule has 176 valence electrons.